The minimum Gasteiger partial charge on any atom is -0.469 e. The van der Waals surface area contributed by atoms with Crippen LogP contribution in [0.2, 0.25) is 0 Å². The summed E-state index contributed by atoms with van der Waals surface area (Å²) in [5, 5.41) is 3.36. The molecule has 0 amide bonds. The quantitative estimate of drug-likeness (QED) is 0.335. The molecule has 1 aromatic carbocycles. The van der Waals surface area contributed by atoms with Gasteiger partial charge in [0.05, 0.1) is 19.6 Å². The van der Waals surface area contributed by atoms with E-state index in [9.17, 15) is 4.79 Å². The number of likely N-dealkylation sites (tertiary alicyclic amines) is 1. The summed E-state index contributed by atoms with van der Waals surface area (Å²) in [4.78, 5) is 18.6. The molecule has 0 bridgehead atoms. The molecule has 1 aliphatic rings. The van der Waals surface area contributed by atoms with E-state index in [1.807, 2.05) is 12.1 Å². The first kappa shape index (κ1) is 20.7. The molecule has 0 atom stereocenters. The predicted octanol–water partition coefficient (Wildman–Crippen LogP) is 2.96. The number of hydrogen-bond donors (Lipinski definition) is 1. The maximum atomic E-state index is 11.6. The van der Waals surface area contributed by atoms with Crippen LogP contribution in [0.4, 0.5) is 0 Å². The number of carbonyl (C=O) groups is 1. The molecule has 2 rings (SSSR count). The van der Waals surface area contributed by atoms with Gasteiger partial charge >= 0.3 is 5.97 Å². The molecule has 1 aromatic rings. The predicted molar refractivity (Wildman–Crippen MR) is 108 cm³/mol. The van der Waals surface area contributed by atoms with Crippen molar-refractivity contribution < 1.29 is 9.53 Å². The fourth-order valence-corrected chi connectivity index (χ4v) is 2.87. The molecule has 1 heterocycles. The van der Waals surface area contributed by atoms with Crippen LogP contribution in [-0.2, 0) is 16.1 Å². The molecule has 1 fully saturated rings. The van der Waals surface area contributed by atoms with E-state index >= 15 is 0 Å². The summed E-state index contributed by atoms with van der Waals surface area (Å²) >= 11 is 0. The van der Waals surface area contributed by atoms with Crippen LogP contribution in [0.15, 0.2) is 29.3 Å². The number of aryl methyl sites for hydroxylation is 1. The van der Waals surface area contributed by atoms with Crippen molar-refractivity contribution in [1.82, 2.24) is 10.2 Å². The molecule has 0 aromatic heterocycles. The van der Waals surface area contributed by atoms with Gasteiger partial charge in [0.2, 0.25) is 0 Å². The van der Waals surface area contributed by atoms with Crippen LogP contribution in [0, 0.1) is 12.8 Å². The Balaban J connectivity index is 0.00000288. The van der Waals surface area contributed by atoms with Gasteiger partial charge in [-0.3, -0.25) is 4.79 Å². The second-order valence-electron chi connectivity index (χ2n) is 5.88. The third kappa shape index (κ3) is 5.65. The molecule has 1 aliphatic heterocycles. The molecule has 6 heteroatoms. The number of methoxy groups -OCH3 is 1. The molecule has 0 saturated carbocycles. The number of esters is 1. The molecule has 24 heavy (non-hydrogen) atoms. The number of rotatable bonds is 4. The monoisotopic (exact) mass is 445 g/mol. The van der Waals surface area contributed by atoms with Gasteiger partial charge in [0, 0.05) is 19.6 Å². The number of hydrogen-bond acceptors (Lipinski definition) is 3. The summed E-state index contributed by atoms with van der Waals surface area (Å²) < 4.78 is 4.85. The lowest BCUT2D eigenvalue weighted by Crippen LogP contribution is -2.46. The van der Waals surface area contributed by atoms with E-state index in [0.717, 1.165) is 38.4 Å². The largest absolute Gasteiger partial charge is 0.469 e. The molecular weight excluding hydrogens is 417 g/mol. The number of aliphatic imine (C=N–C) groups is 1. The van der Waals surface area contributed by atoms with Gasteiger partial charge in [0.25, 0.3) is 0 Å². The summed E-state index contributed by atoms with van der Waals surface area (Å²) in [6.45, 7) is 7.36. The lowest BCUT2D eigenvalue weighted by molar-refractivity contribution is -0.146. The molecule has 0 aliphatic carbocycles. The van der Waals surface area contributed by atoms with Gasteiger partial charge in [-0.05, 0) is 37.8 Å². The van der Waals surface area contributed by atoms with Gasteiger partial charge in [-0.15, -0.1) is 24.0 Å². The first-order chi connectivity index (χ1) is 11.2. The normalized spacial score (nSPS) is 15.6. The van der Waals surface area contributed by atoms with E-state index in [1.165, 1.54) is 18.2 Å². The fraction of sp³-hybridized carbons (Fsp3) is 0.556. The first-order valence-corrected chi connectivity index (χ1v) is 8.31. The second-order valence-corrected chi connectivity index (χ2v) is 5.88. The van der Waals surface area contributed by atoms with Gasteiger partial charge in [0.15, 0.2) is 5.96 Å². The third-order valence-electron chi connectivity index (χ3n) is 4.32. The number of nitrogens with zero attached hydrogens (tertiary/aromatic N) is 2. The Labute approximate surface area is 161 Å². The Kier molecular flexibility index (Phi) is 9.10. The van der Waals surface area contributed by atoms with E-state index < -0.39 is 0 Å². The van der Waals surface area contributed by atoms with Crippen LogP contribution >= 0.6 is 24.0 Å². The molecule has 0 spiro atoms. The number of piperidine rings is 1. The molecule has 1 saturated heterocycles. The highest BCUT2D eigenvalue weighted by Crippen LogP contribution is 2.18. The third-order valence-corrected chi connectivity index (χ3v) is 4.32. The van der Waals surface area contributed by atoms with E-state index in [4.69, 9.17) is 9.73 Å². The summed E-state index contributed by atoms with van der Waals surface area (Å²) in [5.74, 6) is 0.862. The van der Waals surface area contributed by atoms with Crippen molar-refractivity contribution in [1.29, 1.82) is 0 Å². The zero-order valence-corrected chi connectivity index (χ0v) is 17.1. The average molecular weight is 445 g/mol. The lowest BCUT2D eigenvalue weighted by Gasteiger charge is -2.33. The van der Waals surface area contributed by atoms with E-state index in [1.54, 1.807) is 0 Å². The Bertz CT molecular complexity index is 555. The zero-order valence-electron chi connectivity index (χ0n) is 14.7. The lowest BCUT2D eigenvalue weighted by atomic mass is 9.97. The SMILES string of the molecule is CCNC(=NCc1ccccc1C)N1CCC(C(=O)OC)CC1.I. The summed E-state index contributed by atoms with van der Waals surface area (Å²) in [6, 6.07) is 8.32. The van der Waals surface area contributed by atoms with Gasteiger partial charge in [-0.25, -0.2) is 4.99 Å². The Morgan fingerprint density at radius 1 is 1.33 bits per heavy atom. The number of benzene rings is 1. The van der Waals surface area contributed by atoms with Crippen molar-refractivity contribution in [2.24, 2.45) is 10.9 Å². The highest BCUT2D eigenvalue weighted by molar-refractivity contribution is 14.0. The van der Waals surface area contributed by atoms with Crippen LogP contribution in [0.3, 0.4) is 0 Å². The van der Waals surface area contributed by atoms with Gasteiger partial charge in [0.1, 0.15) is 0 Å². The number of ether oxygens (including phenoxy) is 1. The van der Waals surface area contributed by atoms with Crippen molar-refractivity contribution in [3.05, 3.63) is 35.4 Å². The minimum absolute atomic E-state index is 0. The fourth-order valence-electron chi connectivity index (χ4n) is 2.87. The van der Waals surface area contributed by atoms with Gasteiger partial charge < -0.3 is 15.0 Å². The second kappa shape index (κ2) is 10.5. The Morgan fingerprint density at radius 3 is 2.58 bits per heavy atom. The standard InChI is InChI=1S/C18H27N3O2.HI/c1-4-19-18(20-13-16-8-6-5-7-14(16)2)21-11-9-15(10-12-21)17(22)23-3;/h5-8,15H,4,9-13H2,1-3H3,(H,19,20);1H. The maximum Gasteiger partial charge on any atom is 0.308 e. The molecular formula is C18H28IN3O2. The number of halogens is 1. The molecule has 0 unspecified atom stereocenters. The Morgan fingerprint density at radius 2 is 2.00 bits per heavy atom. The van der Waals surface area contributed by atoms with Crippen LogP contribution in [0.5, 0.6) is 0 Å². The number of nitrogens with one attached hydrogen (secondary N) is 1. The number of carbonyl (C=O) groups excluding carboxylic acids is 1. The van der Waals surface area contributed by atoms with Crippen LogP contribution in [-0.4, -0.2) is 43.6 Å². The molecule has 0 radical (unpaired) electrons. The van der Waals surface area contributed by atoms with Crippen LogP contribution in [0.25, 0.3) is 0 Å². The van der Waals surface area contributed by atoms with Crippen molar-refractivity contribution in [2.45, 2.75) is 33.2 Å². The van der Waals surface area contributed by atoms with Crippen molar-refractivity contribution in [3.63, 3.8) is 0 Å². The first-order valence-electron chi connectivity index (χ1n) is 8.31. The summed E-state index contributed by atoms with van der Waals surface area (Å²) in [7, 11) is 1.46. The smallest absolute Gasteiger partial charge is 0.308 e. The van der Waals surface area contributed by atoms with Gasteiger partial charge in [-0.2, -0.15) is 0 Å². The van der Waals surface area contributed by atoms with Crippen molar-refractivity contribution >= 4 is 35.9 Å². The summed E-state index contributed by atoms with van der Waals surface area (Å²) in [6.07, 6.45) is 1.64. The van der Waals surface area contributed by atoms with E-state index in [2.05, 4.69) is 36.2 Å². The van der Waals surface area contributed by atoms with Crippen molar-refractivity contribution in [3.8, 4) is 0 Å². The van der Waals surface area contributed by atoms with Crippen molar-refractivity contribution in [2.75, 3.05) is 26.7 Å². The Hall–Kier alpha value is -1.31. The highest BCUT2D eigenvalue weighted by atomic mass is 127. The molecule has 134 valence electrons. The molecule has 5 nitrogen and oxygen atoms in total. The maximum absolute atomic E-state index is 11.6. The van der Waals surface area contributed by atoms with E-state index in [0.29, 0.717) is 6.54 Å². The zero-order chi connectivity index (χ0) is 16.7. The summed E-state index contributed by atoms with van der Waals surface area (Å²) in [5.41, 5.74) is 2.50. The van der Waals surface area contributed by atoms with Crippen LogP contribution < -0.4 is 5.32 Å². The minimum atomic E-state index is -0.0912. The topological polar surface area (TPSA) is 53.9 Å². The van der Waals surface area contributed by atoms with E-state index in [-0.39, 0.29) is 35.9 Å². The number of guanidine groups is 1. The van der Waals surface area contributed by atoms with Crippen LogP contribution in [0.1, 0.15) is 30.9 Å². The highest BCUT2D eigenvalue weighted by Gasteiger charge is 2.26. The average Bonchev–Trinajstić information content (AvgIpc) is 2.59. The van der Waals surface area contributed by atoms with Gasteiger partial charge in [-0.1, -0.05) is 24.3 Å². The molecule has 1 N–H and O–H groups in total.